The van der Waals surface area contributed by atoms with Gasteiger partial charge in [-0.25, -0.2) is 4.39 Å². The first-order valence-electron chi connectivity index (χ1n) is 13.1. The molecule has 0 radical (unpaired) electrons. The Morgan fingerprint density at radius 2 is 1.97 bits per heavy atom. The highest BCUT2D eigenvalue weighted by Crippen LogP contribution is 2.71. The van der Waals surface area contributed by atoms with Crippen molar-refractivity contribution >= 4 is 39.1 Å². The highest BCUT2D eigenvalue weighted by molar-refractivity contribution is 8.77. The first-order valence-corrected chi connectivity index (χ1v) is 15.5. The molecule has 4 rings (SSSR count). The van der Waals surface area contributed by atoms with Crippen LogP contribution in [0.1, 0.15) is 73.6 Å². The molecule has 8 heteroatoms. The highest BCUT2D eigenvalue weighted by Gasteiger charge is 2.77. The van der Waals surface area contributed by atoms with Crippen LogP contribution in [-0.4, -0.2) is 51.0 Å². The summed E-state index contributed by atoms with van der Waals surface area (Å²) in [7, 11) is 3.06. The fraction of sp³-hybridized carbons (Fsp3) is 0.750. The number of fused-ring (bicyclic) bond motifs is 5. The minimum absolute atomic E-state index is 0.0182. The maximum atomic E-state index is 17.4. The van der Waals surface area contributed by atoms with Crippen molar-refractivity contribution in [1.29, 1.82) is 0 Å². The number of ketones is 2. The molecule has 0 aromatic carbocycles. The summed E-state index contributed by atoms with van der Waals surface area (Å²) < 4.78 is 23.6. The van der Waals surface area contributed by atoms with E-state index >= 15 is 4.39 Å². The van der Waals surface area contributed by atoms with E-state index in [-0.39, 0.29) is 42.0 Å². The second-order valence-corrected chi connectivity index (χ2v) is 14.7. The summed E-state index contributed by atoms with van der Waals surface area (Å²) >= 11 is 0. The van der Waals surface area contributed by atoms with Crippen LogP contribution in [0.4, 0.5) is 4.39 Å². The lowest BCUT2D eigenvalue weighted by atomic mass is 9.44. The number of aliphatic hydroxyl groups excluding tert-OH is 1. The fourth-order valence-electron chi connectivity index (χ4n) is 7.98. The zero-order chi connectivity index (χ0) is 26.7. The third kappa shape index (κ3) is 3.79. The predicted molar refractivity (Wildman–Crippen MR) is 142 cm³/mol. The van der Waals surface area contributed by atoms with E-state index in [0.717, 1.165) is 5.57 Å². The van der Waals surface area contributed by atoms with Gasteiger partial charge in [-0.2, -0.15) is 0 Å². The van der Waals surface area contributed by atoms with Gasteiger partial charge < -0.3 is 9.84 Å². The summed E-state index contributed by atoms with van der Waals surface area (Å²) in [6, 6.07) is 0. The van der Waals surface area contributed by atoms with Gasteiger partial charge in [-0.05, 0) is 50.7 Å². The van der Waals surface area contributed by atoms with Gasteiger partial charge in [-0.1, -0.05) is 67.9 Å². The molecule has 0 unspecified atom stereocenters. The number of Topliss-reactive ketones (excluding diaryl/α,β-unsaturated/α-hetero) is 1. The summed E-state index contributed by atoms with van der Waals surface area (Å²) in [5.74, 6) is -1.64. The van der Waals surface area contributed by atoms with Crippen molar-refractivity contribution in [3.05, 3.63) is 23.8 Å². The molecule has 36 heavy (non-hydrogen) atoms. The predicted octanol–water partition coefficient (Wildman–Crippen LogP) is 5.65. The van der Waals surface area contributed by atoms with E-state index in [4.69, 9.17) is 4.74 Å². The third-order valence-electron chi connectivity index (χ3n) is 9.61. The lowest BCUT2D eigenvalue weighted by Crippen LogP contribution is -2.70. The molecule has 4 aliphatic carbocycles. The van der Waals surface area contributed by atoms with Crippen LogP contribution in [0.15, 0.2) is 23.8 Å². The van der Waals surface area contributed by atoms with Gasteiger partial charge >= 0.3 is 5.97 Å². The number of ether oxygens (including phenoxy) is 1. The van der Waals surface area contributed by atoms with Gasteiger partial charge in [0.05, 0.1) is 11.9 Å². The largest absolute Gasteiger partial charge is 0.450 e. The summed E-state index contributed by atoms with van der Waals surface area (Å²) in [5, 5.41) is 11.9. The standard InChI is InChI=1S/C28H39FO5S2/c1-7-24(33)34-28(23(32)15-35-36-16(2)3)17(4)12-21-20-9-8-18-13-19(30)10-11-25(18,5)27(20,29)22(31)14-26(21,28)6/h10-11,13,16-17,20-22,31H,7-9,12,14-15H2,1-6H3/t17-,20-,21-,22-,25-,26-,27-,28-/m0/s1. The molecule has 0 bridgehead atoms. The molecule has 3 fully saturated rings. The van der Waals surface area contributed by atoms with Crippen LogP contribution in [0.3, 0.4) is 0 Å². The molecule has 0 saturated heterocycles. The number of halogens is 1. The van der Waals surface area contributed by atoms with Crippen molar-refractivity contribution < 1.29 is 28.6 Å². The molecule has 0 aromatic heterocycles. The van der Waals surface area contributed by atoms with E-state index < -0.39 is 40.1 Å². The van der Waals surface area contributed by atoms with Crippen LogP contribution in [0.2, 0.25) is 0 Å². The molecule has 8 atom stereocenters. The van der Waals surface area contributed by atoms with Crippen molar-refractivity contribution in [2.45, 2.75) is 96.3 Å². The first-order chi connectivity index (χ1) is 16.8. The van der Waals surface area contributed by atoms with E-state index in [0.29, 0.717) is 24.5 Å². The minimum Gasteiger partial charge on any atom is -0.450 e. The van der Waals surface area contributed by atoms with Crippen molar-refractivity contribution in [1.82, 2.24) is 0 Å². The number of hydrogen-bond donors (Lipinski definition) is 1. The van der Waals surface area contributed by atoms with Gasteiger partial charge in [0.25, 0.3) is 0 Å². The van der Waals surface area contributed by atoms with E-state index in [1.807, 2.05) is 13.8 Å². The van der Waals surface area contributed by atoms with E-state index in [1.54, 1.807) is 30.7 Å². The quantitative estimate of drug-likeness (QED) is 0.331. The van der Waals surface area contributed by atoms with Crippen LogP contribution in [-0.2, 0) is 19.1 Å². The molecule has 0 heterocycles. The van der Waals surface area contributed by atoms with Crippen molar-refractivity contribution in [3.8, 4) is 0 Å². The van der Waals surface area contributed by atoms with Gasteiger partial charge in [0.1, 0.15) is 0 Å². The third-order valence-corrected chi connectivity index (χ3v) is 12.4. The van der Waals surface area contributed by atoms with E-state index in [9.17, 15) is 19.5 Å². The van der Waals surface area contributed by atoms with E-state index in [1.165, 1.54) is 22.9 Å². The molecule has 4 aliphatic rings. The van der Waals surface area contributed by atoms with Crippen molar-refractivity contribution in [3.63, 3.8) is 0 Å². The number of carbonyl (C=O) groups is 3. The average Bonchev–Trinajstić information content (AvgIpc) is 3.02. The molecule has 0 aromatic rings. The monoisotopic (exact) mass is 538 g/mol. The topological polar surface area (TPSA) is 80.7 Å². The molecule has 200 valence electrons. The van der Waals surface area contributed by atoms with Crippen molar-refractivity contribution in [2.75, 3.05) is 5.75 Å². The number of hydrogen-bond acceptors (Lipinski definition) is 7. The Kier molecular flexibility index (Phi) is 7.41. The molecule has 3 saturated carbocycles. The second-order valence-electron chi connectivity index (χ2n) is 11.8. The van der Waals surface area contributed by atoms with Gasteiger partial charge in [0.15, 0.2) is 22.8 Å². The number of alkyl halides is 1. The Labute approximate surface area is 221 Å². The normalized spacial score (nSPS) is 43.5. The zero-order valence-corrected chi connectivity index (χ0v) is 23.8. The maximum Gasteiger partial charge on any atom is 0.306 e. The maximum absolute atomic E-state index is 17.4. The average molecular weight is 539 g/mol. The summed E-state index contributed by atoms with van der Waals surface area (Å²) in [6.07, 6.45) is 4.94. The van der Waals surface area contributed by atoms with Crippen LogP contribution in [0, 0.1) is 28.6 Å². The Hall–Kier alpha value is -1.12. The molecule has 0 aliphatic heterocycles. The number of allylic oxidation sites excluding steroid dienone is 4. The number of carbonyl (C=O) groups excluding carboxylic acids is 3. The lowest BCUT2D eigenvalue weighted by Gasteiger charge is -2.62. The van der Waals surface area contributed by atoms with Crippen LogP contribution in [0.5, 0.6) is 0 Å². The van der Waals surface area contributed by atoms with Gasteiger partial charge in [0, 0.05) is 34.3 Å². The van der Waals surface area contributed by atoms with Crippen LogP contribution >= 0.6 is 21.6 Å². The smallest absolute Gasteiger partial charge is 0.306 e. The Morgan fingerprint density at radius 3 is 2.61 bits per heavy atom. The minimum atomic E-state index is -1.98. The van der Waals surface area contributed by atoms with Crippen LogP contribution < -0.4 is 0 Å². The lowest BCUT2D eigenvalue weighted by molar-refractivity contribution is -0.226. The molecule has 1 N–H and O–H groups in total. The summed E-state index contributed by atoms with van der Waals surface area (Å²) in [6.45, 7) is 11.5. The number of aliphatic hydroxyl groups is 1. The first kappa shape index (κ1) is 27.9. The number of rotatable bonds is 7. The zero-order valence-electron chi connectivity index (χ0n) is 22.1. The SMILES string of the molecule is CCC(=O)O[C@]1(C(=O)CSSC(C)C)[C@@H](C)C[C@H]2[C@@H]3CCC4=CC(=O)C=C[C@]4(C)[C@@]3(F)[C@@H](O)C[C@@]21C. The Morgan fingerprint density at radius 1 is 1.28 bits per heavy atom. The molecule has 0 amide bonds. The molecular formula is C28H39FO5S2. The molecule has 5 nitrogen and oxygen atoms in total. The summed E-state index contributed by atoms with van der Waals surface area (Å²) in [5.41, 5.74) is -4.65. The molecule has 0 spiro atoms. The van der Waals surface area contributed by atoms with Gasteiger partial charge in [-0.15, -0.1) is 0 Å². The Bertz CT molecular complexity index is 1010. The van der Waals surface area contributed by atoms with Crippen molar-refractivity contribution in [2.24, 2.45) is 28.6 Å². The van der Waals surface area contributed by atoms with Gasteiger partial charge in [0.2, 0.25) is 0 Å². The highest BCUT2D eigenvalue weighted by atomic mass is 33.1. The second kappa shape index (κ2) is 9.57. The van der Waals surface area contributed by atoms with E-state index in [2.05, 4.69) is 13.8 Å². The van der Waals surface area contributed by atoms with Crippen LogP contribution in [0.25, 0.3) is 0 Å². The summed E-state index contributed by atoms with van der Waals surface area (Å²) in [4.78, 5) is 38.8. The fourth-order valence-corrected chi connectivity index (χ4v) is 9.98. The van der Waals surface area contributed by atoms with Gasteiger partial charge in [-0.3, -0.25) is 14.4 Å². The molecular weight excluding hydrogens is 499 g/mol. The number of esters is 1. The Balaban J connectivity index is 1.78.